The molecule has 0 amide bonds. The summed E-state index contributed by atoms with van der Waals surface area (Å²) in [6.07, 6.45) is 2.58. The molecule has 0 unspecified atom stereocenters. The summed E-state index contributed by atoms with van der Waals surface area (Å²) in [6, 6.07) is 6.60. The van der Waals surface area contributed by atoms with Gasteiger partial charge >= 0.3 is 6.61 Å². The Morgan fingerprint density at radius 2 is 1.83 bits per heavy atom. The van der Waals surface area contributed by atoms with Crippen LogP contribution in [-0.4, -0.2) is 37.7 Å². The maximum Gasteiger partial charge on any atom is 0.387 e. The van der Waals surface area contributed by atoms with Crippen LogP contribution in [0.25, 0.3) is 0 Å². The molecule has 0 aromatic heterocycles. The van der Waals surface area contributed by atoms with Crippen LogP contribution in [-0.2, 0) is 0 Å². The number of rotatable bonds is 6. The van der Waals surface area contributed by atoms with Crippen LogP contribution in [0.5, 0.6) is 5.75 Å². The fraction of sp³-hybridized carbons (Fsp3) is 0.538. The molecule has 0 saturated carbocycles. The van der Waals surface area contributed by atoms with Crippen molar-refractivity contribution in [1.82, 2.24) is 4.90 Å². The predicted octanol–water partition coefficient (Wildman–Crippen LogP) is 2.80. The molecule has 0 atom stereocenters. The van der Waals surface area contributed by atoms with E-state index in [-0.39, 0.29) is 5.75 Å². The molecular weight excluding hydrogens is 238 g/mol. The molecule has 3 nitrogen and oxygen atoms in total. The second kappa shape index (κ2) is 6.54. The lowest BCUT2D eigenvalue weighted by Gasteiger charge is -2.15. The molecule has 18 heavy (non-hydrogen) atoms. The van der Waals surface area contributed by atoms with Gasteiger partial charge in [0.2, 0.25) is 0 Å². The van der Waals surface area contributed by atoms with E-state index < -0.39 is 6.61 Å². The van der Waals surface area contributed by atoms with Crippen LogP contribution in [0, 0.1) is 0 Å². The van der Waals surface area contributed by atoms with E-state index in [4.69, 9.17) is 0 Å². The molecule has 1 aliphatic heterocycles. The Morgan fingerprint density at radius 1 is 1.17 bits per heavy atom. The molecule has 0 bridgehead atoms. The third-order valence-corrected chi connectivity index (χ3v) is 3.04. The molecule has 5 heteroatoms. The van der Waals surface area contributed by atoms with E-state index in [1.54, 1.807) is 24.3 Å². The molecule has 1 aliphatic rings. The number of benzene rings is 1. The van der Waals surface area contributed by atoms with Gasteiger partial charge in [0.25, 0.3) is 0 Å². The van der Waals surface area contributed by atoms with Crippen molar-refractivity contribution in [2.45, 2.75) is 19.5 Å². The van der Waals surface area contributed by atoms with E-state index in [0.29, 0.717) is 0 Å². The molecule has 2 rings (SSSR count). The largest absolute Gasteiger partial charge is 0.435 e. The summed E-state index contributed by atoms with van der Waals surface area (Å²) < 4.78 is 28.2. The number of likely N-dealkylation sites (tertiary alicyclic amines) is 1. The molecule has 0 aliphatic carbocycles. The Morgan fingerprint density at radius 3 is 2.44 bits per heavy atom. The molecule has 1 saturated heterocycles. The van der Waals surface area contributed by atoms with Gasteiger partial charge in [0.1, 0.15) is 5.75 Å². The summed E-state index contributed by atoms with van der Waals surface area (Å²) in [7, 11) is 0. The van der Waals surface area contributed by atoms with Crippen molar-refractivity contribution < 1.29 is 13.5 Å². The molecule has 100 valence electrons. The fourth-order valence-corrected chi connectivity index (χ4v) is 2.12. The van der Waals surface area contributed by atoms with Gasteiger partial charge in [-0.15, -0.1) is 0 Å². The predicted molar refractivity (Wildman–Crippen MR) is 67.2 cm³/mol. The number of nitrogens with zero attached hydrogens (tertiary/aromatic N) is 1. The van der Waals surface area contributed by atoms with Gasteiger partial charge in [-0.3, -0.25) is 0 Å². The Balaban J connectivity index is 1.72. The van der Waals surface area contributed by atoms with Crippen molar-refractivity contribution in [3.8, 4) is 5.75 Å². The summed E-state index contributed by atoms with van der Waals surface area (Å²) in [6.45, 7) is 1.50. The van der Waals surface area contributed by atoms with Crippen LogP contribution in [0.4, 0.5) is 14.5 Å². The number of halogens is 2. The minimum absolute atomic E-state index is 0.190. The molecule has 1 aromatic carbocycles. The van der Waals surface area contributed by atoms with Gasteiger partial charge in [0, 0.05) is 18.8 Å². The second-order valence-corrected chi connectivity index (χ2v) is 4.38. The molecule has 1 aromatic rings. The van der Waals surface area contributed by atoms with Gasteiger partial charge in [0.15, 0.2) is 0 Å². The van der Waals surface area contributed by atoms with Crippen molar-refractivity contribution in [1.29, 1.82) is 0 Å². The number of ether oxygens (including phenoxy) is 1. The lowest BCUT2D eigenvalue weighted by molar-refractivity contribution is -0.0498. The Hall–Kier alpha value is -1.36. The molecular formula is C13H18F2N2O. The number of alkyl halides is 2. The first kappa shape index (κ1) is 13.1. The second-order valence-electron chi connectivity index (χ2n) is 4.38. The van der Waals surface area contributed by atoms with Crippen LogP contribution < -0.4 is 10.1 Å². The maximum atomic E-state index is 12.0. The highest BCUT2D eigenvalue weighted by Crippen LogP contribution is 2.17. The minimum atomic E-state index is -2.76. The van der Waals surface area contributed by atoms with E-state index in [2.05, 4.69) is 15.0 Å². The molecule has 1 fully saturated rings. The first-order chi connectivity index (χ1) is 8.74. The fourth-order valence-electron chi connectivity index (χ4n) is 2.12. The number of hydrogen-bond acceptors (Lipinski definition) is 3. The Labute approximate surface area is 106 Å². The zero-order valence-corrected chi connectivity index (χ0v) is 10.2. The number of hydrogen-bond donors (Lipinski definition) is 1. The van der Waals surface area contributed by atoms with Gasteiger partial charge in [-0.05, 0) is 50.2 Å². The third-order valence-electron chi connectivity index (χ3n) is 3.04. The Bertz CT molecular complexity index is 351. The first-order valence-corrected chi connectivity index (χ1v) is 6.25. The van der Waals surface area contributed by atoms with E-state index >= 15 is 0 Å². The maximum absolute atomic E-state index is 12.0. The summed E-state index contributed by atoms with van der Waals surface area (Å²) in [5, 5.41) is 3.27. The van der Waals surface area contributed by atoms with E-state index in [1.165, 1.54) is 25.9 Å². The normalized spacial score (nSPS) is 16.2. The topological polar surface area (TPSA) is 24.5 Å². The van der Waals surface area contributed by atoms with Crippen LogP contribution in [0.2, 0.25) is 0 Å². The van der Waals surface area contributed by atoms with Crippen LogP contribution in [0.3, 0.4) is 0 Å². The van der Waals surface area contributed by atoms with Gasteiger partial charge < -0.3 is 15.0 Å². The van der Waals surface area contributed by atoms with Gasteiger partial charge in [-0.2, -0.15) is 8.78 Å². The minimum Gasteiger partial charge on any atom is -0.435 e. The number of nitrogens with one attached hydrogen (secondary N) is 1. The third kappa shape index (κ3) is 4.14. The average Bonchev–Trinajstić information content (AvgIpc) is 2.84. The van der Waals surface area contributed by atoms with Crippen LogP contribution in [0.15, 0.2) is 24.3 Å². The van der Waals surface area contributed by atoms with E-state index in [0.717, 1.165) is 18.8 Å². The monoisotopic (exact) mass is 256 g/mol. The average molecular weight is 256 g/mol. The Kier molecular flexibility index (Phi) is 4.75. The van der Waals surface area contributed by atoms with Gasteiger partial charge in [-0.25, -0.2) is 0 Å². The summed E-state index contributed by atoms with van der Waals surface area (Å²) in [5.41, 5.74) is 0.927. The lowest BCUT2D eigenvalue weighted by atomic mass is 10.3. The standard InChI is InChI=1S/C13H18F2N2O/c14-13(15)18-12-5-3-11(4-6-12)16-7-10-17-8-1-2-9-17/h3-6,13,16H,1-2,7-10H2. The van der Waals surface area contributed by atoms with Crippen LogP contribution >= 0.6 is 0 Å². The van der Waals surface area contributed by atoms with Gasteiger partial charge in [-0.1, -0.05) is 0 Å². The zero-order chi connectivity index (χ0) is 12.8. The molecule has 1 N–H and O–H groups in total. The van der Waals surface area contributed by atoms with E-state index in [9.17, 15) is 8.78 Å². The van der Waals surface area contributed by atoms with Crippen molar-refractivity contribution in [3.05, 3.63) is 24.3 Å². The molecule has 1 heterocycles. The highest BCUT2D eigenvalue weighted by Gasteiger charge is 2.10. The molecule has 0 spiro atoms. The van der Waals surface area contributed by atoms with Crippen molar-refractivity contribution in [3.63, 3.8) is 0 Å². The van der Waals surface area contributed by atoms with E-state index in [1.807, 2.05) is 0 Å². The summed E-state index contributed by atoms with van der Waals surface area (Å²) in [4.78, 5) is 2.42. The zero-order valence-electron chi connectivity index (χ0n) is 10.2. The number of anilines is 1. The van der Waals surface area contributed by atoms with Crippen LogP contribution in [0.1, 0.15) is 12.8 Å². The quantitative estimate of drug-likeness (QED) is 0.847. The highest BCUT2D eigenvalue weighted by atomic mass is 19.3. The lowest BCUT2D eigenvalue weighted by Crippen LogP contribution is -2.25. The van der Waals surface area contributed by atoms with Crippen molar-refractivity contribution in [2.24, 2.45) is 0 Å². The SMILES string of the molecule is FC(F)Oc1ccc(NCCN2CCCC2)cc1. The van der Waals surface area contributed by atoms with Crippen molar-refractivity contribution >= 4 is 5.69 Å². The first-order valence-electron chi connectivity index (χ1n) is 6.25. The summed E-state index contributed by atoms with van der Waals surface area (Å²) in [5.74, 6) is 0.190. The van der Waals surface area contributed by atoms with Gasteiger partial charge in [0.05, 0.1) is 0 Å². The van der Waals surface area contributed by atoms with Crippen molar-refractivity contribution in [2.75, 3.05) is 31.5 Å². The smallest absolute Gasteiger partial charge is 0.387 e. The summed E-state index contributed by atoms with van der Waals surface area (Å²) >= 11 is 0. The molecule has 0 radical (unpaired) electrons. The highest BCUT2D eigenvalue weighted by molar-refractivity contribution is 5.46.